The Morgan fingerprint density at radius 1 is 1.29 bits per heavy atom. The molecule has 0 aliphatic rings. The fraction of sp³-hybridized carbons (Fsp3) is 0.154. The van der Waals surface area contributed by atoms with Crippen LogP contribution in [0.3, 0.4) is 0 Å². The highest BCUT2D eigenvalue weighted by Gasteiger charge is 2.03. The van der Waals surface area contributed by atoms with Crippen LogP contribution in [0.25, 0.3) is 11.3 Å². The second-order valence-corrected chi connectivity index (χ2v) is 3.52. The first-order chi connectivity index (χ1) is 8.31. The highest BCUT2D eigenvalue weighted by atomic mass is 14.9. The number of nitrogen functional groups attached to an aromatic ring is 1. The summed E-state index contributed by atoms with van der Waals surface area (Å²) in [5.41, 5.74) is 8.23. The monoisotopic (exact) mass is 226 g/mol. The highest BCUT2D eigenvalue weighted by molar-refractivity contribution is 5.83. The smallest absolute Gasteiger partial charge is 0.151 e. The topological polar surface area (TPSA) is 64.2 Å². The van der Waals surface area contributed by atoms with Crippen LogP contribution in [0.1, 0.15) is 12.6 Å². The molecule has 17 heavy (non-hydrogen) atoms. The first kappa shape index (κ1) is 11.3. The van der Waals surface area contributed by atoms with Crippen molar-refractivity contribution in [1.29, 1.82) is 0 Å². The van der Waals surface area contributed by atoms with Gasteiger partial charge in [-0.3, -0.25) is 4.99 Å². The van der Waals surface area contributed by atoms with Gasteiger partial charge in [0.25, 0.3) is 0 Å². The molecule has 1 aromatic heterocycles. The van der Waals surface area contributed by atoms with E-state index in [4.69, 9.17) is 5.73 Å². The van der Waals surface area contributed by atoms with Crippen molar-refractivity contribution >= 4 is 12.0 Å². The van der Waals surface area contributed by atoms with Crippen molar-refractivity contribution in [3.8, 4) is 11.3 Å². The van der Waals surface area contributed by atoms with Crippen LogP contribution < -0.4 is 5.73 Å². The lowest BCUT2D eigenvalue weighted by molar-refractivity contribution is 1.13. The van der Waals surface area contributed by atoms with Gasteiger partial charge in [0.2, 0.25) is 0 Å². The quantitative estimate of drug-likeness (QED) is 0.816. The molecule has 0 saturated carbocycles. The largest absolute Gasteiger partial charge is 0.382 e. The zero-order chi connectivity index (χ0) is 12.1. The SMILES string of the molecule is CCN=Cc1ncc(-c2ccccc2)nc1N. The predicted molar refractivity (Wildman–Crippen MR) is 70.0 cm³/mol. The van der Waals surface area contributed by atoms with E-state index < -0.39 is 0 Å². The van der Waals surface area contributed by atoms with E-state index in [0.29, 0.717) is 18.1 Å². The Bertz CT molecular complexity index is 520. The molecule has 0 fully saturated rings. The van der Waals surface area contributed by atoms with Crippen LogP contribution in [0.15, 0.2) is 41.5 Å². The van der Waals surface area contributed by atoms with E-state index in [9.17, 15) is 0 Å². The van der Waals surface area contributed by atoms with Crippen molar-refractivity contribution in [2.75, 3.05) is 12.3 Å². The van der Waals surface area contributed by atoms with Crippen LogP contribution in [0.2, 0.25) is 0 Å². The van der Waals surface area contributed by atoms with E-state index in [1.165, 1.54) is 0 Å². The number of hydrogen-bond acceptors (Lipinski definition) is 4. The third kappa shape index (κ3) is 2.66. The fourth-order valence-corrected chi connectivity index (χ4v) is 1.44. The maximum Gasteiger partial charge on any atom is 0.151 e. The summed E-state index contributed by atoms with van der Waals surface area (Å²) in [6, 6.07) is 9.83. The number of anilines is 1. The normalized spacial score (nSPS) is 10.9. The molecule has 0 radical (unpaired) electrons. The maximum absolute atomic E-state index is 5.83. The molecule has 2 N–H and O–H groups in total. The summed E-state index contributed by atoms with van der Waals surface area (Å²) in [5.74, 6) is 0.406. The summed E-state index contributed by atoms with van der Waals surface area (Å²) in [4.78, 5) is 12.7. The zero-order valence-electron chi connectivity index (χ0n) is 9.67. The molecule has 2 rings (SSSR count). The molecule has 86 valence electrons. The number of nitrogens with zero attached hydrogens (tertiary/aromatic N) is 3. The van der Waals surface area contributed by atoms with Gasteiger partial charge in [0.1, 0.15) is 5.69 Å². The first-order valence-corrected chi connectivity index (χ1v) is 5.49. The molecule has 1 heterocycles. The zero-order valence-corrected chi connectivity index (χ0v) is 9.67. The van der Waals surface area contributed by atoms with E-state index >= 15 is 0 Å². The molecule has 0 spiro atoms. The summed E-state index contributed by atoms with van der Waals surface area (Å²) in [5, 5.41) is 0. The minimum absolute atomic E-state index is 0.406. The molecule has 0 aliphatic heterocycles. The summed E-state index contributed by atoms with van der Waals surface area (Å²) < 4.78 is 0. The van der Waals surface area contributed by atoms with E-state index in [0.717, 1.165) is 11.3 Å². The average Bonchev–Trinajstić information content (AvgIpc) is 2.38. The van der Waals surface area contributed by atoms with Crippen LogP contribution in [0.4, 0.5) is 5.82 Å². The second kappa shape index (κ2) is 5.21. The van der Waals surface area contributed by atoms with Crippen LogP contribution in [0, 0.1) is 0 Å². The Morgan fingerprint density at radius 3 is 2.71 bits per heavy atom. The summed E-state index contributed by atoms with van der Waals surface area (Å²) in [7, 11) is 0. The van der Waals surface area contributed by atoms with Gasteiger partial charge in [-0.2, -0.15) is 0 Å². The van der Waals surface area contributed by atoms with Gasteiger partial charge in [0, 0.05) is 12.1 Å². The van der Waals surface area contributed by atoms with E-state index in [-0.39, 0.29) is 0 Å². The number of aromatic nitrogens is 2. The van der Waals surface area contributed by atoms with Gasteiger partial charge in [-0.05, 0) is 6.92 Å². The fourth-order valence-electron chi connectivity index (χ4n) is 1.44. The number of benzene rings is 1. The van der Waals surface area contributed by atoms with Crippen molar-refractivity contribution in [2.45, 2.75) is 6.92 Å². The molecular weight excluding hydrogens is 212 g/mol. The van der Waals surface area contributed by atoms with E-state index in [1.54, 1.807) is 12.4 Å². The van der Waals surface area contributed by atoms with Crippen molar-refractivity contribution < 1.29 is 0 Å². The maximum atomic E-state index is 5.83. The Kier molecular flexibility index (Phi) is 3.45. The Morgan fingerprint density at radius 2 is 2.06 bits per heavy atom. The van der Waals surface area contributed by atoms with Crippen molar-refractivity contribution in [3.63, 3.8) is 0 Å². The predicted octanol–water partition coefficient (Wildman–Crippen LogP) is 2.16. The highest BCUT2D eigenvalue weighted by Crippen LogP contribution is 2.17. The molecule has 4 nitrogen and oxygen atoms in total. The summed E-state index contributed by atoms with van der Waals surface area (Å²) >= 11 is 0. The third-order valence-electron chi connectivity index (χ3n) is 2.29. The van der Waals surface area contributed by atoms with Gasteiger partial charge in [-0.15, -0.1) is 0 Å². The van der Waals surface area contributed by atoms with E-state index in [2.05, 4.69) is 15.0 Å². The summed E-state index contributed by atoms with van der Waals surface area (Å²) in [6.45, 7) is 2.67. The summed E-state index contributed by atoms with van der Waals surface area (Å²) in [6.07, 6.45) is 3.36. The van der Waals surface area contributed by atoms with E-state index in [1.807, 2.05) is 37.3 Å². The minimum atomic E-state index is 0.406. The lowest BCUT2D eigenvalue weighted by Gasteiger charge is -2.03. The van der Waals surface area contributed by atoms with Gasteiger partial charge in [0.15, 0.2) is 5.82 Å². The van der Waals surface area contributed by atoms with Crippen molar-refractivity contribution in [3.05, 3.63) is 42.2 Å². The number of aliphatic imine (C=N–C) groups is 1. The molecule has 0 atom stereocenters. The van der Waals surface area contributed by atoms with Crippen LogP contribution in [0.5, 0.6) is 0 Å². The van der Waals surface area contributed by atoms with Crippen LogP contribution in [-0.2, 0) is 0 Å². The van der Waals surface area contributed by atoms with Crippen molar-refractivity contribution in [2.24, 2.45) is 4.99 Å². The van der Waals surface area contributed by atoms with Gasteiger partial charge in [-0.25, -0.2) is 9.97 Å². The van der Waals surface area contributed by atoms with Gasteiger partial charge >= 0.3 is 0 Å². The van der Waals surface area contributed by atoms with Crippen LogP contribution >= 0.6 is 0 Å². The number of hydrogen-bond donors (Lipinski definition) is 1. The molecule has 4 heteroatoms. The molecular formula is C13H14N4. The first-order valence-electron chi connectivity index (χ1n) is 5.49. The third-order valence-corrected chi connectivity index (χ3v) is 2.29. The Hall–Kier alpha value is -2.23. The lowest BCUT2D eigenvalue weighted by Crippen LogP contribution is -2.01. The lowest BCUT2D eigenvalue weighted by atomic mass is 10.2. The number of nitrogens with two attached hydrogens (primary N) is 1. The Balaban J connectivity index is 2.34. The second-order valence-electron chi connectivity index (χ2n) is 3.52. The van der Waals surface area contributed by atoms with Gasteiger partial charge in [0.05, 0.1) is 18.1 Å². The minimum Gasteiger partial charge on any atom is -0.382 e. The van der Waals surface area contributed by atoms with Crippen molar-refractivity contribution in [1.82, 2.24) is 9.97 Å². The molecule has 1 aromatic carbocycles. The molecule has 2 aromatic rings. The Labute approximate surface area is 100 Å². The molecule has 0 unspecified atom stereocenters. The molecule has 0 amide bonds. The molecule has 0 bridgehead atoms. The number of rotatable bonds is 3. The standard InChI is InChI=1S/C13H14N4/c1-2-15-8-12-13(14)17-11(9-16-12)10-6-4-3-5-7-10/h3-9H,2H2,1H3,(H2,14,17). The molecule has 0 aliphatic carbocycles. The van der Waals surface area contributed by atoms with Gasteiger partial charge < -0.3 is 5.73 Å². The average molecular weight is 226 g/mol. The molecule has 0 saturated heterocycles. The van der Waals surface area contributed by atoms with Gasteiger partial charge in [-0.1, -0.05) is 30.3 Å². The van der Waals surface area contributed by atoms with Crippen LogP contribution in [-0.4, -0.2) is 22.7 Å².